The van der Waals surface area contributed by atoms with Crippen LogP contribution in [0.3, 0.4) is 0 Å². The Morgan fingerprint density at radius 2 is 1.59 bits per heavy atom. The summed E-state index contributed by atoms with van der Waals surface area (Å²) < 4.78 is 40.0. The number of amides is 1. The number of carbonyl (C=O) groups excluding carboxylic acids is 1. The highest BCUT2D eigenvalue weighted by Crippen LogP contribution is 2.41. The number of nitrogens with zero attached hydrogens (tertiary/aromatic N) is 1. The van der Waals surface area contributed by atoms with Crippen LogP contribution in [0.25, 0.3) is 0 Å². The van der Waals surface area contributed by atoms with Crippen LogP contribution < -0.4 is 5.32 Å². The Hall–Kier alpha value is -2.25. The molecule has 0 unspecified atom stereocenters. The van der Waals surface area contributed by atoms with Gasteiger partial charge in [-0.15, -0.1) is 0 Å². The van der Waals surface area contributed by atoms with Crippen LogP contribution in [-0.4, -0.2) is 31.7 Å². The van der Waals surface area contributed by atoms with E-state index in [1.165, 1.54) is 16.4 Å². The molecule has 1 saturated carbocycles. The third-order valence-electron chi connectivity index (χ3n) is 5.83. The summed E-state index contributed by atoms with van der Waals surface area (Å²) in [7, 11) is -3.66. The quantitative estimate of drug-likeness (QED) is 0.784. The second-order valence-electron chi connectivity index (χ2n) is 7.87. The van der Waals surface area contributed by atoms with E-state index in [2.05, 4.69) is 5.32 Å². The van der Waals surface area contributed by atoms with Crippen LogP contribution in [0.15, 0.2) is 59.5 Å². The summed E-state index contributed by atoms with van der Waals surface area (Å²) in [5, 5.41) is 3.21. The highest BCUT2D eigenvalue weighted by Gasteiger charge is 2.36. The zero-order chi connectivity index (χ0) is 20.4. The SMILES string of the molecule is O=C(N[C@@H](c1ccccc1)C1CC1)C1CCN(S(=O)(=O)c2ccc(F)cc2)CC1. The van der Waals surface area contributed by atoms with Crippen molar-refractivity contribution in [2.24, 2.45) is 11.8 Å². The zero-order valence-corrected chi connectivity index (χ0v) is 16.9. The van der Waals surface area contributed by atoms with E-state index < -0.39 is 15.8 Å². The fraction of sp³-hybridized carbons (Fsp3) is 0.409. The lowest BCUT2D eigenvalue weighted by Crippen LogP contribution is -2.43. The van der Waals surface area contributed by atoms with Gasteiger partial charge in [-0.05, 0) is 61.4 Å². The highest BCUT2D eigenvalue weighted by atomic mass is 32.2. The van der Waals surface area contributed by atoms with E-state index in [0.717, 1.165) is 30.5 Å². The predicted octanol–water partition coefficient (Wildman–Crippen LogP) is 3.49. The minimum atomic E-state index is -3.66. The molecule has 0 radical (unpaired) electrons. The fourth-order valence-corrected chi connectivity index (χ4v) is 5.42. The number of hydrogen-bond acceptors (Lipinski definition) is 3. The molecule has 1 aliphatic heterocycles. The molecule has 0 bridgehead atoms. The van der Waals surface area contributed by atoms with Gasteiger partial charge in [0.05, 0.1) is 10.9 Å². The number of carbonyl (C=O) groups is 1. The molecule has 1 aliphatic carbocycles. The van der Waals surface area contributed by atoms with Crippen molar-refractivity contribution in [3.63, 3.8) is 0 Å². The Bertz CT molecular complexity index is 951. The zero-order valence-electron chi connectivity index (χ0n) is 16.1. The maximum absolute atomic E-state index is 13.1. The molecule has 5 nitrogen and oxygen atoms in total. The molecule has 0 spiro atoms. The Labute approximate surface area is 171 Å². The number of benzene rings is 2. The van der Waals surface area contributed by atoms with Gasteiger partial charge >= 0.3 is 0 Å². The first kappa shape index (κ1) is 20.0. The Balaban J connectivity index is 1.37. The van der Waals surface area contributed by atoms with Crippen molar-refractivity contribution in [3.8, 4) is 0 Å². The van der Waals surface area contributed by atoms with Gasteiger partial charge in [-0.2, -0.15) is 4.31 Å². The summed E-state index contributed by atoms with van der Waals surface area (Å²) in [6, 6.07) is 14.9. The first-order valence-corrected chi connectivity index (χ1v) is 11.5. The van der Waals surface area contributed by atoms with Crippen molar-refractivity contribution in [2.45, 2.75) is 36.6 Å². The monoisotopic (exact) mass is 416 g/mol. The fourth-order valence-electron chi connectivity index (χ4n) is 3.95. The van der Waals surface area contributed by atoms with Gasteiger partial charge in [0.2, 0.25) is 15.9 Å². The molecule has 154 valence electrons. The van der Waals surface area contributed by atoms with Crippen LogP contribution in [0.4, 0.5) is 4.39 Å². The minimum absolute atomic E-state index is 0.00424. The first-order valence-electron chi connectivity index (χ1n) is 10.1. The summed E-state index contributed by atoms with van der Waals surface area (Å²) in [6.45, 7) is 0.578. The van der Waals surface area contributed by atoms with Crippen molar-refractivity contribution >= 4 is 15.9 Å². The van der Waals surface area contributed by atoms with Crippen molar-refractivity contribution in [2.75, 3.05) is 13.1 Å². The molecular weight excluding hydrogens is 391 g/mol. The topological polar surface area (TPSA) is 66.5 Å². The van der Waals surface area contributed by atoms with Crippen LogP contribution >= 0.6 is 0 Å². The summed E-state index contributed by atoms with van der Waals surface area (Å²) >= 11 is 0. The molecule has 2 aromatic rings. The largest absolute Gasteiger partial charge is 0.349 e. The minimum Gasteiger partial charge on any atom is -0.349 e. The van der Waals surface area contributed by atoms with E-state index in [4.69, 9.17) is 0 Å². The van der Waals surface area contributed by atoms with Crippen molar-refractivity contribution in [3.05, 3.63) is 66.0 Å². The maximum atomic E-state index is 13.1. The van der Waals surface area contributed by atoms with Gasteiger partial charge in [0.15, 0.2) is 0 Å². The van der Waals surface area contributed by atoms with Gasteiger partial charge in [0, 0.05) is 19.0 Å². The molecule has 1 amide bonds. The molecule has 7 heteroatoms. The summed E-state index contributed by atoms with van der Waals surface area (Å²) in [5.74, 6) is -0.174. The lowest BCUT2D eigenvalue weighted by Gasteiger charge is -2.31. The van der Waals surface area contributed by atoms with Gasteiger partial charge in [0.1, 0.15) is 5.82 Å². The van der Waals surface area contributed by atoms with Crippen molar-refractivity contribution in [1.82, 2.24) is 9.62 Å². The second kappa shape index (κ2) is 8.24. The molecule has 0 aromatic heterocycles. The maximum Gasteiger partial charge on any atom is 0.243 e. The Morgan fingerprint density at radius 3 is 2.17 bits per heavy atom. The van der Waals surface area contributed by atoms with Gasteiger partial charge in [0.25, 0.3) is 0 Å². The smallest absolute Gasteiger partial charge is 0.243 e. The number of sulfonamides is 1. The van der Waals surface area contributed by atoms with E-state index in [9.17, 15) is 17.6 Å². The second-order valence-corrected chi connectivity index (χ2v) is 9.80. The predicted molar refractivity (Wildman–Crippen MR) is 108 cm³/mol. The Morgan fingerprint density at radius 1 is 0.966 bits per heavy atom. The molecular formula is C22H25FN2O3S. The number of halogens is 1. The third-order valence-corrected chi connectivity index (χ3v) is 7.74. The third kappa shape index (κ3) is 4.51. The van der Waals surface area contributed by atoms with Crippen molar-refractivity contribution in [1.29, 1.82) is 0 Å². The van der Waals surface area contributed by atoms with Crippen LogP contribution in [0.1, 0.15) is 37.3 Å². The van der Waals surface area contributed by atoms with Crippen molar-refractivity contribution < 1.29 is 17.6 Å². The standard InChI is InChI=1S/C22H25FN2O3S/c23-19-8-10-20(11-9-19)29(27,28)25-14-12-18(13-15-25)22(26)24-21(17-6-7-17)16-4-2-1-3-5-16/h1-5,8-11,17-18,21H,6-7,12-15H2,(H,24,26)/t21-/m0/s1. The summed E-state index contributed by atoms with van der Waals surface area (Å²) in [6.07, 6.45) is 3.21. The van der Waals surface area contributed by atoms with Gasteiger partial charge in [-0.1, -0.05) is 30.3 Å². The van der Waals surface area contributed by atoms with Crippen LogP contribution in [0, 0.1) is 17.7 Å². The van der Waals surface area contributed by atoms with Crippen LogP contribution in [-0.2, 0) is 14.8 Å². The average Bonchev–Trinajstić information content (AvgIpc) is 3.58. The molecule has 1 atom stereocenters. The number of hydrogen-bond donors (Lipinski definition) is 1. The molecule has 2 aliphatic rings. The van der Waals surface area contributed by atoms with E-state index in [-0.39, 0.29) is 35.9 Å². The highest BCUT2D eigenvalue weighted by molar-refractivity contribution is 7.89. The van der Waals surface area contributed by atoms with Gasteiger partial charge in [-0.3, -0.25) is 4.79 Å². The van der Waals surface area contributed by atoms with Crippen LogP contribution in [0.2, 0.25) is 0 Å². The average molecular weight is 417 g/mol. The van der Waals surface area contributed by atoms with E-state index in [0.29, 0.717) is 18.8 Å². The van der Waals surface area contributed by atoms with Gasteiger partial charge < -0.3 is 5.32 Å². The summed E-state index contributed by atoms with van der Waals surface area (Å²) in [5.41, 5.74) is 1.12. The molecule has 2 fully saturated rings. The molecule has 1 saturated heterocycles. The van der Waals surface area contributed by atoms with Gasteiger partial charge in [-0.25, -0.2) is 12.8 Å². The number of piperidine rings is 1. The Kier molecular flexibility index (Phi) is 5.69. The van der Waals surface area contributed by atoms with Crippen LogP contribution in [0.5, 0.6) is 0 Å². The molecule has 29 heavy (non-hydrogen) atoms. The number of nitrogens with one attached hydrogen (secondary N) is 1. The number of rotatable bonds is 6. The molecule has 1 heterocycles. The van der Waals surface area contributed by atoms with E-state index in [1.54, 1.807) is 0 Å². The molecule has 2 aromatic carbocycles. The summed E-state index contributed by atoms with van der Waals surface area (Å²) in [4.78, 5) is 12.9. The lowest BCUT2D eigenvalue weighted by molar-refractivity contribution is -0.127. The van der Waals surface area contributed by atoms with E-state index >= 15 is 0 Å². The lowest BCUT2D eigenvalue weighted by atomic mass is 9.95. The normalized spacial score (nSPS) is 19.6. The van der Waals surface area contributed by atoms with E-state index in [1.807, 2.05) is 30.3 Å². The molecule has 1 N–H and O–H groups in total. The first-order chi connectivity index (χ1) is 13.9. The molecule has 4 rings (SSSR count).